The van der Waals surface area contributed by atoms with Gasteiger partial charge in [0.15, 0.2) is 0 Å². The van der Waals surface area contributed by atoms with Crippen molar-refractivity contribution in [1.82, 2.24) is 9.71 Å². The van der Waals surface area contributed by atoms with Crippen molar-refractivity contribution in [2.24, 2.45) is 0 Å². The van der Waals surface area contributed by atoms with Crippen LogP contribution in [-0.4, -0.2) is 13.4 Å². The van der Waals surface area contributed by atoms with Crippen molar-refractivity contribution in [1.29, 1.82) is 0 Å². The van der Waals surface area contributed by atoms with Crippen LogP contribution in [0.2, 0.25) is 0 Å². The zero-order chi connectivity index (χ0) is 14.8. The summed E-state index contributed by atoms with van der Waals surface area (Å²) in [6.07, 6.45) is 3.22. The van der Waals surface area contributed by atoms with Crippen LogP contribution >= 0.6 is 31.9 Å². The first kappa shape index (κ1) is 15.4. The standard InChI is InChI=1S/C12H11Br2N3O2S/c13-10-5-9(15)6-11(14)12(10)20(18,19)17-7-8-1-3-16-4-2-8/h1-6,17H,7,15H2. The molecule has 0 saturated heterocycles. The predicted octanol–water partition coefficient (Wildman–Crippen LogP) is 2.67. The number of pyridine rings is 1. The number of nitrogens with two attached hydrogens (primary N) is 1. The number of anilines is 1. The van der Waals surface area contributed by atoms with Gasteiger partial charge in [-0.15, -0.1) is 0 Å². The van der Waals surface area contributed by atoms with E-state index in [-0.39, 0.29) is 11.4 Å². The molecule has 2 aromatic rings. The number of nitrogens with one attached hydrogen (secondary N) is 1. The fourth-order valence-corrected chi connectivity index (χ4v) is 5.22. The number of sulfonamides is 1. The molecule has 106 valence electrons. The van der Waals surface area contributed by atoms with E-state index in [0.29, 0.717) is 14.6 Å². The molecule has 0 atom stereocenters. The number of hydrogen-bond donors (Lipinski definition) is 2. The van der Waals surface area contributed by atoms with Gasteiger partial charge in [-0.2, -0.15) is 0 Å². The Labute approximate surface area is 133 Å². The fourth-order valence-electron chi connectivity index (χ4n) is 1.59. The Morgan fingerprint density at radius 1 is 1.15 bits per heavy atom. The van der Waals surface area contributed by atoms with Gasteiger partial charge in [0.1, 0.15) is 4.90 Å². The SMILES string of the molecule is Nc1cc(Br)c(S(=O)(=O)NCc2ccncc2)c(Br)c1. The number of nitrogen functional groups attached to an aromatic ring is 1. The van der Waals surface area contributed by atoms with Crippen LogP contribution in [0, 0.1) is 0 Å². The molecule has 0 saturated carbocycles. The zero-order valence-corrected chi connectivity index (χ0v) is 14.2. The van der Waals surface area contributed by atoms with Crippen molar-refractivity contribution in [3.63, 3.8) is 0 Å². The highest BCUT2D eigenvalue weighted by atomic mass is 79.9. The Hall–Kier alpha value is -0.960. The zero-order valence-electron chi connectivity index (χ0n) is 10.2. The van der Waals surface area contributed by atoms with Gasteiger partial charge in [0.25, 0.3) is 0 Å². The van der Waals surface area contributed by atoms with Crippen molar-refractivity contribution in [2.75, 3.05) is 5.73 Å². The van der Waals surface area contributed by atoms with Crippen molar-refractivity contribution >= 4 is 47.6 Å². The average Bonchev–Trinajstić information content (AvgIpc) is 2.36. The van der Waals surface area contributed by atoms with E-state index < -0.39 is 10.0 Å². The van der Waals surface area contributed by atoms with Crippen molar-refractivity contribution < 1.29 is 8.42 Å². The second kappa shape index (κ2) is 6.21. The van der Waals surface area contributed by atoms with Crippen LogP contribution in [0.25, 0.3) is 0 Å². The van der Waals surface area contributed by atoms with E-state index in [0.717, 1.165) is 5.56 Å². The molecule has 0 spiro atoms. The number of aromatic nitrogens is 1. The first-order valence-corrected chi connectivity index (χ1v) is 8.60. The Kier molecular flexibility index (Phi) is 4.79. The Morgan fingerprint density at radius 3 is 2.25 bits per heavy atom. The van der Waals surface area contributed by atoms with E-state index in [1.54, 1.807) is 36.7 Å². The van der Waals surface area contributed by atoms with Crippen LogP contribution in [-0.2, 0) is 16.6 Å². The molecule has 3 N–H and O–H groups in total. The van der Waals surface area contributed by atoms with Gasteiger partial charge in [0.2, 0.25) is 10.0 Å². The topological polar surface area (TPSA) is 85.1 Å². The molecule has 0 aliphatic carbocycles. The highest BCUT2D eigenvalue weighted by Crippen LogP contribution is 2.32. The Morgan fingerprint density at radius 2 is 1.70 bits per heavy atom. The van der Waals surface area contributed by atoms with Crippen LogP contribution < -0.4 is 10.5 Å². The Balaban J connectivity index is 2.28. The lowest BCUT2D eigenvalue weighted by molar-refractivity contribution is 0.580. The molecule has 1 aromatic carbocycles. The number of benzene rings is 1. The van der Waals surface area contributed by atoms with Crippen LogP contribution in [0.1, 0.15) is 5.56 Å². The lowest BCUT2D eigenvalue weighted by Crippen LogP contribution is -2.24. The van der Waals surface area contributed by atoms with Crippen LogP contribution in [0.15, 0.2) is 50.5 Å². The quantitative estimate of drug-likeness (QED) is 0.744. The van der Waals surface area contributed by atoms with Crippen molar-refractivity contribution in [2.45, 2.75) is 11.4 Å². The summed E-state index contributed by atoms with van der Waals surface area (Å²) in [6.45, 7) is 0.189. The van der Waals surface area contributed by atoms with Crippen molar-refractivity contribution in [3.8, 4) is 0 Å². The molecule has 0 radical (unpaired) electrons. The molecule has 5 nitrogen and oxygen atoms in total. The molecule has 0 bridgehead atoms. The molecule has 0 unspecified atom stereocenters. The molecule has 0 aliphatic heterocycles. The van der Waals surface area contributed by atoms with Gasteiger partial charge in [0, 0.05) is 33.6 Å². The second-order valence-electron chi connectivity index (χ2n) is 3.99. The number of hydrogen-bond acceptors (Lipinski definition) is 4. The summed E-state index contributed by atoms with van der Waals surface area (Å²) in [7, 11) is -3.66. The second-order valence-corrected chi connectivity index (χ2v) is 7.41. The van der Waals surface area contributed by atoms with Gasteiger partial charge in [0.05, 0.1) is 0 Å². The summed E-state index contributed by atoms with van der Waals surface area (Å²) in [4.78, 5) is 4.01. The van der Waals surface area contributed by atoms with Gasteiger partial charge in [-0.25, -0.2) is 13.1 Å². The monoisotopic (exact) mass is 419 g/mol. The predicted molar refractivity (Wildman–Crippen MR) is 84.5 cm³/mol. The van der Waals surface area contributed by atoms with Crippen LogP contribution in [0.4, 0.5) is 5.69 Å². The van der Waals surface area contributed by atoms with Crippen molar-refractivity contribution in [3.05, 3.63) is 51.2 Å². The minimum atomic E-state index is -3.66. The molecule has 20 heavy (non-hydrogen) atoms. The molecule has 0 amide bonds. The summed E-state index contributed by atoms with van der Waals surface area (Å²) in [6, 6.07) is 6.59. The molecule has 1 heterocycles. The van der Waals surface area contributed by atoms with E-state index in [9.17, 15) is 8.42 Å². The number of halogens is 2. The summed E-state index contributed by atoms with van der Waals surface area (Å²) in [5, 5.41) is 0. The maximum absolute atomic E-state index is 12.3. The lowest BCUT2D eigenvalue weighted by atomic mass is 10.3. The number of rotatable bonds is 4. The molecular formula is C12H11Br2N3O2S. The summed E-state index contributed by atoms with van der Waals surface area (Å²) in [5.41, 5.74) is 6.95. The van der Waals surface area contributed by atoms with E-state index in [1.807, 2.05) is 0 Å². The highest BCUT2D eigenvalue weighted by Gasteiger charge is 2.21. The molecule has 2 rings (SSSR count). The minimum Gasteiger partial charge on any atom is -0.399 e. The average molecular weight is 421 g/mol. The van der Waals surface area contributed by atoms with Gasteiger partial charge < -0.3 is 5.73 Å². The van der Waals surface area contributed by atoms with Gasteiger partial charge in [-0.1, -0.05) is 0 Å². The van der Waals surface area contributed by atoms with Gasteiger partial charge in [-0.05, 0) is 61.7 Å². The smallest absolute Gasteiger partial charge is 0.243 e. The maximum Gasteiger partial charge on any atom is 0.243 e. The largest absolute Gasteiger partial charge is 0.399 e. The molecular weight excluding hydrogens is 410 g/mol. The van der Waals surface area contributed by atoms with E-state index in [2.05, 4.69) is 41.6 Å². The first-order chi connectivity index (χ1) is 9.40. The summed E-state index contributed by atoms with van der Waals surface area (Å²) < 4.78 is 28.0. The van der Waals surface area contributed by atoms with E-state index >= 15 is 0 Å². The third-order valence-corrected chi connectivity index (χ3v) is 5.78. The van der Waals surface area contributed by atoms with E-state index in [1.165, 1.54) is 0 Å². The Bertz CT molecular complexity index is 698. The lowest BCUT2D eigenvalue weighted by Gasteiger charge is -2.11. The maximum atomic E-state index is 12.3. The molecule has 0 aliphatic rings. The molecule has 8 heteroatoms. The molecule has 1 aromatic heterocycles. The summed E-state index contributed by atoms with van der Waals surface area (Å²) in [5.74, 6) is 0. The highest BCUT2D eigenvalue weighted by molar-refractivity contribution is 9.11. The van der Waals surface area contributed by atoms with Gasteiger partial charge >= 0.3 is 0 Å². The normalized spacial score (nSPS) is 11.5. The van der Waals surface area contributed by atoms with Crippen LogP contribution in [0.5, 0.6) is 0 Å². The molecule has 0 fully saturated rings. The first-order valence-electron chi connectivity index (χ1n) is 5.53. The minimum absolute atomic E-state index is 0.126. The summed E-state index contributed by atoms with van der Waals surface area (Å²) >= 11 is 6.44. The van der Waals surface area contributed by atoms with Gasteiger partial charge in [-0.3, -0.25) is 4.98 Å². The fraction of sp³-hybridized carbons (Fsp3) is 0.0833. The van der Waals surface area contributed by atoms with Crippen LogP contribution in [0.3, 0.4) is 0 Å². The number of nitrogens with zero attached hydrogens (tertiary/aromatic N) is 1. The third kappa shape index (κ3) is 3.57. The third-order valence-electron chi connectivity index (χ3n) is 2.51. The van der Waals surface area contributed by atoms with E-state index in [4.69, 9.17) is 5.73 Å².